The van der Waals surface area contributed by atoms with Gasteiger partial charge in [-0.05, 0) is 64.7 Å². The highest BCUT2D eigenvalue weighted by molar-refractivity contribution is 8.15. The van der Waals surface area contributed by atoms with Gasteiger partial charge in [-0.1, -0.05) is 5.21 Å². The average Bonchev–Trinajstić information content (AvgIpc) is 3.56. The molecule has 0 spiro atoms. The van der Waals surface area contributed by atoms with E-state index in [2.05, 4.69) is 22.8 Å². The maximum atomic E-state index is 12.3. The molecule has 0 aliphatic rings. The second-order valence-corrected chi connectivity index (χ2v) is 18.0. The van der Waals surface area contributed by atoms with E-state index >= 15 is 0 Å². The Morgan fingerprint density at radius 1 is 0.618 bits per heavy atom. The average molecular weight is 858 g/mol. The van der Waals surface area contributed by atoms with Crippen LogP contribution in [0, 0.1) is 0 Å². The highest BCUT2D eigenvalue weighted by Gasteiger charge is 2.24. The minimum absolute atomic E-state index is 0.0622. The number of aryl methyl sites for hydroxylation is 1. The molecule has 1 aromatic rings. The Kier molecular flexibility index (Phi) is 32.7. The van der Waals surface area contributed by atoms with Gasteiger partial charge < -0.3 is 47.7 Å². The molecule has 0 saturated heterocycles. The first-order valence-corrected chi connectivity index (χ1v) is 24.3. The Labute approximate surface area is 330 Å². The molecule has 328 valence electrons. The van der Waals surface area contributed by atoms with Crippen LogP contribution < -0.4 is 0 Å². The van der Waals surface area contributed by atoms with Gasteiger partial charge in [0.15, 0.2) is 0 Å². The van der Waals surface area contributed by atoms with E-state index in [-0.39, 0.29) is 30.7 Å². The monoisotopic (exact) mass is 857 g/mol. The van der Waals surface area contributed by atoms with Crippen molar-refractivity contribution in [2.75, 3.05) is 137 Å². The van der Waals surface area contributed by atoms with Crippen molar-refractivity contribution in [3.63, 3.8) is 0 Å². The first-order chi connectivity index (χ1) is 26.4. The highest BCUT2D eigenvalue weighted by Crippen LogP contribution is 2.45. The molecule has 0 aliphatic carbocycles. The van der Waals surface area contributed by atoms with Gasteiger partial charge >= 0.3 is 15.6 Å². The van der Waals surface area contributed by atoms with Crippen LogP contribution in [-0.4, -0.2) is 174 Å². The van der Waals surface area contributed by atoms with Gasteiger partial charge in [0, 0.05) is 12.8 Å². The molecule has 3 unspecified atom stereocenters. The molecule has 2 N–H and O–H groups in total. The lowest BCUT2D eigenvalue weighted by atomic mass is 10.2. The van der Waals surface area contributed by atoms with E-state index in [4.69, 9.17) is 56.0 Å². The minimum atomic E-state index is -4.19. The molecule has 0 radical (unpaired) electrons. The van der Waals surface area contributed by atoms with E-state index in [9.17, 15) is 18.9 Å². The summed E-state index contributed by atoms with van der Waals surface area (Å²) in [6.07, 6.45) is 7.75. The maximum absolute atomic E-state index is 12.3. The molecule has 0 aliphatic heterocycles. The SMILES string of the molecule is CC(C)OP(=O)(O)OCCOCCOCCOCCOCCOCCC(C)OP(=O)(O)OCCCCc1cn(CCOCCOCCOCC[SH](C)C)nn1. The normalized spacial score (nSPS) is 15.0. The molecule has 1 aromatic heterocycles. The van der Waals surface area contributed by atoms with Gasteiger partial charge in [-0.15, -0.1) is 5.10 Å². The van der Waals surface area contributed by atoms with E-state index in [1.807, 2.05) is 6.20 Å². The number of hydrogen-bond acceptors (Lipinski definition) is 16. The predicted octanol–water partition coefficient (Wildman–Crippen LogP) is 3.45. The highest BCUT2D eigenvalue weighted by atomic mass is 32.2. The van der Waals surface area contributed by atoms with Crippen molar-refractivity contribution in [3.05, 3.63) is 11.9 Å². The van der Waals surface area contributed by atoms with Crippen molar-refractivity contribution in [3.8, 4) is 0 Å². The number of hydrogen-bond donors (Lipinski definition) is 3. The number of phosphoric ester groups is 2. The van der Waals surface area contributed by atoms with Crippen molar-refractivity contribution >= 4 is 26.5 Å². The van der Waals surface area contributed by atoms with Crippen molar-refractivity contribution in [2.45, 2.75) is 65.2 Å². The summed E-state index contributed by atoms with van der Waals surface area (Å²) >= 11 is 0. The van der Waals surface area contributed by atoms with E-state index in [1.54, 1.807) is 25.5 Å². The quantitative estimate of drug-likeness (QED) is 0.0488. The van der Waals surface area contributed by atoms with E-state index in [0.717, 1.165) is 18.1 Å². The molecule has 0 amide bonds. The Morgan fingerprint density at radius 3 is 1.60 bits per heavy atom. The van der Waals surface area contributed by atoms with E-state index in [1.165, 1.54) is 0 Å². The summed E-state index contributed by atoms with van der Waals surface area (Å²) in [5.41, 5.74) is 0.830. The second-order valence-electron chi connectivity index (χ2n) is 12.6. The molecule has 1 rings (SSSR count). The lowest BCUT2D eigenvalue weighted by Gasteiger charge is -2.17. The van der Waals surface area contributed by atoms with Crippen molar-refractivity contribution < 1.29 is 74.9 Å². The van der Waals surface area contributed by atoms with Crippen LogP contribution in [0.4, 0.5) is 0 Å². The third kappa shape index (κ3) is 35.1. The van der Waals surface area contributed by atoms with Crippen LogP contribution in [0.2, 0.25) is 0 Å². The van der Waals surface area contributed by atoms with Gasteiger partial charge in [0.25, 0.3) is 0 Å². The van der Waals surface area contributed by atoms with Gasteiger partial charge in [0.05, 0.1) is 137 Å². The number of phosphoric acid groups is 2. The summed E-state index contributed by atoms with van der Waals surface area (Å²) in [5, 5.41) is 8.29. The van der Waals surface area contributed by atoms with Crippen molar-refractivity contribution in [2.24, 2.45) is 0 Å². The lowest BCUT2D eigenvalue weighted by molar-refractivity contribution is -0.0152. The zero-order chi connectivity index (χ0) is 40.5. The van der Waals surface area contributed by atoms with Crippen LogP contribution in [0.5, 0.6) is 0 Å². The molecule has 55 heavy (non-hydrogen) atoms. The smallest absolute Gasteiger partial charge is 0.379 e. The van der Waals surface area contributed by atoms with Crippen LogP contribution in [0.25, 0.3) is 0 Å². The van der Waals surface area contributed by atoms with Gasteiger partial charge in [-0.2, -0.15) is 0 Å². The summed E-state index contributed by atoms with van der Waals surface area (Å²) in [4.78, 5) is 19.5. The van der Waals surface area contributed by atoms with Crippen LogP contribution in [0.1, 0.15) is 45.7 Å². The number of nitrogens with zero attached hydrogens (tertiary/aromatic N) is 3. The Bertz CT molecular complexity index is 1130. The van der Waals surface area contributed by atoms with Crippen LogP contribution in [0.3, 0.4) is 0 Å². The van der Waals surface area contributed by atoms with E-state index in [0.29, 0.717) is 125 Å². The molecule has 1 heterocycles. The third-order valence-electron chi connectivity index (χ3n) is 6.86. The first-order valence-electron chi connectivity index (χ1n) is 18.9. The van der Waals surface area contributed by atoms with Crippen LogP contribution in [0.15, 0.2) is 6.20 Å². The first kappa shape index (κ1) is 52.4. The molecule has 0 saturated carbocycles. The number of rotatable bonds is 41. The topological polar surface area (TPSA) is 216 Å². The van der Waals surface area contributed by atoms with Gasteiger partial charge in [-0.25, -0.2) is 13.8 Å². The minimum Gasteiger partial charge on any atom is -0.379 e. The summed E-state index contributed by atoms with van der Waals surface area (Å²) < 4.78 is 89.2. The largest absolute Gasteiger partial charge is 0.472 e. The summed E-state index contributed by atoms with van der Waals surface area (Å²) in [6, 6.07) is 0. The van der Waals surface area contributed by atoms with Crippen molar-refractivity contribution in [1.29, 1.82) is 0 Å². The Hall–Kier alpha value is -0.610. The summed E-state index contributed by atoms with van der Waals surface area (Å²) in [6.45, 7) is 12.5. The number of aromatic nitrogens is 3. The molecule has 22 heteroatoms. The zero-order valence-corrected chi connectivity index (χ0v) is 36.2. The second kappa shape index (κ2) is 34.3. The summed E-state index contributed by atoms with van der Waals surface area (Å²) in [5.74, 6) is 1.12. The summed E-state index contributed by atoms with van der Waals surface area (Å²) in [7, 11) is -8.14. The predicted molar refractivity (Wildman–Crippen MR) is 208 cm³/mol. The lowest BCUT2D eigenvalue weighted by Crippen LogP contribution is -2.15. The molecule has 3 atom stereocenters. The van der Waals surface area contributed by atoms with Gasteiger partial charge in [0.1, 0.15) is 0 Å². The molecule has 19 nitrogen and oxygen atoms in total. The number of unbranched alkanes of at least 4 members (excludes halogenated alkanes) is 1. The van der Waals surface area contributed by atoms with Crippen LogP contribution >= 0.6 is 26.5 Å². The third-order valence-corrected chi connectivity index (χ3v) is 10.3. The Balaban J connectivity index is 1.89. The molecule has 0 fully saturated rings. The van der Waals surface area contributed by atoms with Gasteiger partial charge in [0.2, 0.25) is 0 Å². The van der Waals surface area contributed by atoms with E-state index < -0.39 is 27.9 Å². The Morgan fingerprint density at radius 2 is 1.07 bits per heavy atom. The zero-order valence-electron chi connectivity index (χ0n) is 33.5. The number of ether oxygens (including phenoxy) is 8. The fourth-order valence-corrected chi connectivity index (χ4v) is 6.52. The molecular weight excluding hydrogens is 788 g/mol. The maximum Gasteiger partial charge on any atom is 0.472 e. The number of thiol groups is 1. The van der Waals surface area contributed by atoms with Crippen molar-refractivity contribution in [1.82, 2.24) is 15.0 Å². The fourth-order valence-electron chi connectivity index (χ4n) is 4.15. The van der Waals surface area contributed by atoms with Gasteiger partial charge in [-0.3, -0.25) is 29.0 Å². The molecular formula is C33H69N3O16P2S. The standard InChI is InChI=1S/C33H69N3O16P2S/c1-31(2)51-53(37,38)50-27-26-47-23-22-46-21-20-45-19-18-43-16-14-41-12-9-32(3)52-54(39,40)49-11-7-6-8-33-30-36(35-34-33)10-13-42-15-17-44-24-25-48-28-29-55(4)5/h30-32,55H,6-29H2,1-5H3,(H,37,38)(H,39,40). The molecule has 0 aromatic carbocycles. The molecule has 0 bridgehead atoms. The fraction of sp³-hybridized carbons (Fsp3) is 0.939. The van der Waals surface area contributed by atoms with Crippen LogP contribution in [-0.2, 0) is 78.1 Å².